The van der Waals surface area contributed by atoms with Crippen molar-refractivity contribution < 1.29 is 44.8 Å². The van der Waals surface area contributed by atoms with Gasteiger partial charge in [0.05, 0.1) is 0 Å². The van der Waals surface area contributed by atoms with Gasteiger partial charge < -0.3 is 12.8 Å². The molecular weight excluding hydrogens is 1240 g/mol. The van der Waals surface area contributed by atoms with Gasteiger partial charge in [-0.2, -0.15) is 0 Å². The molecule has 12 aromatic rings. The molecule has 0 spiro atoms. The normalized spacial score (nSPS) is 10.7. The molecule has 12 rings (SSSR count). The van der Waals surface area contributed by atoms with Crippen molar-refractivity contribution in [3.05, 3.63) is 279 Å². The molecule has 12 aromatic carbocycles. The van der Waals surface area contributed by atoms with Crippen molar-refractivity contribution >= 4 is 102 Å². The average Bonchev–Trinajstić information content (AvgIpc) is 3.40. The molecule has 0 saturated carbocycles. The Morgan fingerprint density at radius 3 is 0.812 bits per heavy atom. The quantitative estimate of drug-likeness (QED) is 0.0512. The second-order valence-corrected chi connectivity index (χ2v) is 22.3. The van der Waals surface area contributed by atoms with Crippen LogP contribution in [0.1, 0.15) is 11.1 Å². The molecule has 0 nitrogen and oxygen atoms in total. The maximum absolute atomic E-state index is 7.67. The number of benzene rings is 12. The van der Waals surface area contributed by atoms with Gasteiger partial charge in [0, 0.05) is 0 Å². The Bertz CT molecular complexity index is 3410. The number of hydrogen-bond donors (Lipinski definition) is 0. The van der Waals surface area contributed by atoms with Crippen LogP contribution in [0.5, 0.6) is 0 Å². The van der Waals surface area contributed by atoms with E-state index in [9.17, 15) is 0 Å². The van der Waals surface area contributed by atoms with E-state index in [-0.39, 0.29) is 44.8 Å². The van der Waals surface area contributed by atoms with E-state index in [2.05, 4.69) is 230 Å². The Balaban J connectivity index is 0.000000140. The Labute approximate surface area is 439 Å². The van der Waals surface area contributed by atoms with Gasteiger partial charge in [0.1, 0.15) is 37.1 Å². The van der Waals surface area contributed by atoms with Crippen LogP contribution in [0.2, 0.25) is 0 Å². The number of hydrogen-bond acceptors (Lipinski definition) is 0. The molecule has 0 unspecified atom stereocenters. The second-order valence-electron chi connectivity index (χ2n) is 16.6. The Kier molecular flexibility index (Phi) is 16.6. The average molecular weight is 1280 g/mol. The standard InChI is InChI=1S/C25H22P2.2C20H11.2Au/c1-5-13-22(14-6-1)26(23-15-7-2-8-16-23)21-27(24-17-9-3-10-18-24)25-19-11-4-12-20-25;2*1-2-18-19-10-6-5-9-16(19)12-17-11-14-7-3-4-8-15(14)13-20(17)18;;/h1-20H,21H2;2*3-13H;;/q;2*-1;2*+1/p+2. The van der Waals surface area contributed by atoms with Gasteiger partial charge >= 0.3 is 44.8 Å². The third kappa shape index (κ3) is 10.9. The SMILES string of the molecule is [Au+].[Au+].[C-]#Cc1c2ccccc2cc2cc3ccccc3cc12.[C-]#Cc1c2ccccc2cc2cc3ccccc3cc12.c1ccc([PH+](C[PH+](c2ccccc2)c2ccccc2)c2ccccc2)cc1. The molecule has 69 heavy (non-hydrogen) atoms. The van der Waals surface area contributed by atoms with Crippen molar-refractivity contribution in [3.63, 3.8) is 0 Å². The zero-order chi connectivity index (χ0) is 45.4. The summed E-state index contributed by atoms with van der Waals surface area (Å²) in [5, 5.41) is 19.9. The van der Waals surface area contributed by atoms with Gasteiger partial charge in [-0.15, -0.1) is 11.1 Å². The van der Waals surface area contributed by atoms with Crippen molar-refractivity contribution in [2.45, 2.75) is 0 Å². The smallest absolute Gasteiger partial charge is 0.366 e. The summed E-state index contributed by atoms with van der Waals surface area (Å²) in [4.78, 5) is 0. The molecule has 0 aliphatic heterocycles. The first-order chi connectivity index (χ1) is 33.1. The molecular formula is C65H46Au2P2+2. The molecule has 0 radical (unpaired) electrons. The molecule has 0 amide bonds. The van der Waals surface area contributed by atoms with E-state index in [4.69, 9.17) is 12.8 Å². The maximum Gasteiger partial charge on any atom is 1.00 e. The van der Waals surface area contributed by atoms with Crippen LogP contribution < -0.4 is 21.2 Å². The van der Waals surface area contributed by atoms with Crippen LogP contribution in [0.25, 0.3) is 64.6 Å². The molecule has 0 fully saturated rings. The van der Waals surface area contributed by atoms with E-state index in [0.29, 0.717) is 0 Å². The monoisotopic (exact) mass is 1280 g/mol. The van der Waals surface area contributed by atoms with E-state index in [1.807, 2.05) is 36.4 Å². The van der Waals surface area contributed by atoms with Crippen LogP contribution >= 0.6 is 15.8 Å². The summed E-state index contributed by atoms with van der Waals surface area (Å²) in [7, 11) is -1.69. The molecule has 0 aliphatic carbocycles. The van der Waals surface area contributed by atoms with Crippen LogP contribution in [-0.4, -0.2) is 5.90 Å². The molecule has 0 bridgehead atoms. The Morgan fingerprint density at radius 1 is 0.261 bits per heavy atom. The van der Waals surface area contributed by atoms with Gasteiger partial charge in [-0.1, -0.05) is 204 Å². The molecule has 0 saturated heterocycles. The van der Waals surface area contributed by atoms with Crippen LogP contribution in [0.15, 0.2) is 255 Å². The summed E-state index contributed by atoms with van der Waals surface area (Å²) in [6, 6.07) is 90.6. The van der Waals surface area contributed by atoms with Crippen LogP contribution in [0.3, 0.4) is 0 Å². The van der Waals surface area contributed by atoms with Gasteiger partial charge in [0.15, 0.2) is 5.90 Å². The van der Waals surface area contributed by atoms with E-state index in [0.717, 1.165) is 54.2 Å². The van der Waals surface area contributed by atoms with Gasteiger partial charge in [0.25, 0.3) is 0 Å². The second kappa shape index (κ2) is 23.3. The zero-order valence-corrected chi connectivity index (χ0v) is 43.9. The first-order valence-corrected chi connectivity index (χ1v) is 26.0. The predicted molar refractivity (Wildman–Crippen MR) is 296 cm³/mol. The number of rotatable bonds is 6. The fourth-order valence-electron chi connectivity index (χ4n) is 9.26. The molecule has 336 valence electrons. The molecule has 0 aliphatic rings. The zero-order valence-electron chi connectivity index (χ0n) is 37.6. The summed E-state index contributed by atoms with van der Waals surface area (Å²) in [6.45, 7) is 0. The molecule has 0 N–H and O–H groups in total. The van der Waals surface area contributed by atoms with E-state index >= 15 is 0 Å². The Morgan fingerprint density at radius 2 is 0.507 bits per heavy atom. The van der Waals surface area contributed by atoms with Gasteiger partial charge in [-0.25, -0.2) is 0 Å². The summed E-state index contributed by atoms with van der Waals surface area (Å²) < 4.78 is 0. The first kappa shape index (κ1) is 49.1. The van der Waals surface area contributed by atoms with E-state index < -0.39 is 15.8 Å². The van der Waals surface area contributed by atoms with E-state index in [1.54, 1.807) is 0 Å². The Hall–Kier alpha value is -6.34. The molecule has 0 heterocycles. The molecule has 4 heteroatoms. The largest absolute Gasteiger partial charge is 1.00 e. The maximum atomic E-state index is 7.67. The van der Waals surface area contributed by atoms with Crippen LogP contribution in [0, 0.1) is 24.7 Å². The van der Waals surface area contributed by atoms with Crippen LogP contribution in [-0.2, 0) is 44.8 Å². The minimum absolute atomic E-state index is 0. The molecule has 0 aromatic heterocycles. The fourth-order valence-corrected chi connectivity index (χ4v) is 17.0. The van der Waals surface area contributed by atoms with Crippen LogP contribution in [0.4, 0.5) is 0 Å². The third-order valence-corrected chi connectivity index (χ3v) is 19.5. The summed E-state index contributed by atoms with van der Waals surface area (Å²) in [5.74, 6) is 6.50. The molecule has 0 atom stereocenters. The van der Waals surface area contributed by atoms with Crippen molar-refractivity contribution in [2.24, 2.45) is 0 Å². The topological polar surface area (TPSA) is 0 Å². The summed E-state index contributed by atoms with van der Waals surface area (Å²) in [5.41, 5.74) is 1.76. The number of fused-ring (bicyclic) bond motifs is 6. The first-order valence-electron chi connectivity index (χ1n) is 22.6. The van der Waals surface area contributed by atoms with Crippen molar-refractivity contribution in [1.82, 2.24) is 0 Å². The third-order valence-electron chi connectivity index (χ3n) is 12.5. The minimum atomic E-state index is -0.847. The van der Waals surface area contributed by atoms with Crippen molar-refractivity contribution in [2.75, 3.05) is 5.90 Å². The van der Waals surface area contributed by atoms with Crippen molar-refractivity contribution in [3.8, 4) is 11.8 Å². The van der Waals surface area contributed by atoms with Gasteiger partial charge in [-0.05, 0) is 116 Å². The van der Waals surface area contributed by atoms with Gasteiger partial charge in [-0.3, -0.25) is 11.8 Å². The van der Waals surface area contributed by atoms with Gasteiger partial charge in [0.2, 0.25) is 0 Å². The van der Waals surface area contributed by atoms with E-state index in [1.165, 1.54) is 48.7 Å². The summed E-state index contributed by atoms with van der Waals surface area (Å²) in [6.07, 6.45) is 15.3. The fraction of sp³-hybridized carbons (Fsp3) is 0.0154. The summed E-state index contributed by atoms with van der Waals surface area (Å²) >= 11 is 0. The minimum Gasteiger partial charge on any atom is -0.366 e. The predicted octanol–water partition coefficient (Wildman–Crippen LogP) is 14.8. The van der Waals surface area contributed by atoms with Crippen molar-refractivity contribution in [1.29, 1.82) is 0 Å².